The lowest BCUT2D eigenvalue weighted by Gasteiger charge is -2.42. The summed E-state index contributed by atoms with van der Waals surface area (Å²) >= 11 is 5.89. The Balaban J connectivity index is 1.96. The first-order valence-corrected chi connectivity index (χ1v) is 5.74. The molecule has 1 aromatic rings. The normalized spacial score (nSPS) is 28.6. The molecule has 1 fully saturated rings. The number of halogens is 1. The van der Waals surface area contributed by atoms with Crippen LogP contribution in [0.15, 0.2) is 24.3 Å². The fraction of sp³-hybridized carbons (Fsp3) is 0.500. The number of hydrogen-bond acceptors (Lipinski definition) is 3. The highest BCUT2D eigenvalue weighted by molar-refractivity contribution is 6.30. The van der Waals surface area contributed by atoms with Gasteiger partial charge in [-0.3, -0.25) is 0 Å². The Bertz CT molecular complexity index is 359. The number of nitrogens with one attached hydrogen (secondary N) is 1. The fourth-order valence-electron chi connectivity index (χ4n) is 2.01. The van der Waals surface area contributed by atoms with Crippen LogP contribution in [-0.4, -0.2) is 32.4 Å². The van der Waals surface area contributed by atoms with Crippen molar-refractivity contribution >= 4 is 11.6 Å². The highest BCUT2D eigenvalue weighted by Gasteiger charge is 2.42. The molecule has 1 aromatic carbocycles. The number of hydrogen-bond donors (Lipinski definition) is 1. The van der Waals surface area contributed by atoms with Crippen molar-refractivity contribution in [2.24, 2.45) is 0 Å². The van der Waals surface area contributed by atoms with Crippen molar-refractivity contribution < 1.29 is 9.47 Å². The van der Waals surface area contributed by atoms with Gasteiger partial charge in [0, 0.05) is 24.6 Å². The van der Waals surface area contributed by atoms with Crippen LogP contribution in [0.1, 0.15) is 6.42 Å². The molecule has 1 N–H and O–H groups in total. The van der Waals surface area contributed by atoms with Crippen molar-refractivity contribution in [1.29, 1.82) is 0 Å². The van der Waals surface area contributed by atoms with Crippen LogP contribution in [0, 0.1) is 0 Å². The minimum Gasteiger partial charge on any atom is -0.488 e. The van der Waals surface area contributed by atoms with Crippen LogP contribution in [0.25, 0.3) is 0 Å². The molecule has 3 unspecified atom stereocenters. The van der Waals surface area contributed by atoms with Crippen molar-refractivity contribution in [3.05, 3.63) is 29.3 Å². The van der Waals surface area contributed by atoms with Gasteiger partial charge >= 0.3 is 0 Å². The average molecular weight is 242 g/mol. The zero-order chi connectivity index (χ0) is 11.5. The second-order valence-electron chi connectivity index (χ2n) is 3.94. The van der Waals surface area contributed by atoms with Crippen LogP contribution in [0.4, 0.5) is 0 Å². The van der Waals surface area contributed by atoms with E-state index in [1.165, 1.54) is 0 Å². The number of methoxy groups -OCH3 is 1. The lowest BCUT2D eigenvalue weighted by atomic mass is 9.85. The molecule has 2 rings (SSSR count). The zero-order valence-corrected chi connectivity index (χ0v) is 10.2. The molecular formula is C12H16ClNO2. The third-order valence-corrected chi connectivity index (χ3v) is 3.21. The van der Waals surface area contributed by atoms with Crippen LogP contribution in [0.2, 0.25) is 5.02 Å². The Kier molecular flexibility index (Phi) is 3.69. The van der Waals surface area contributed by atoms with E-state index in [1.807, 2.05) is 31.3 Å². The quantitative estimate of drug-likeness (QED) is 0.876. The molecule has 0 spiro atoms. The zero-order valence-electron chi connectivity index (χ0n) is 9.44. The van der Waals surface area contributed by atoms with Gasteiger partial charge in [-0.1, -0.05) is 17.7 Å². The molecule has 1 saturated carbocycles. The number of benzene rings is 1. The molecule has 88 valence electrons. The maximum atomic E-state index is 5.89. The largest absolute Gasteiger partial charge is 0.488 e. The third-order valence-electron chi connectivity index (χ3n) is 2.98. The van der Waals surface area contributed by atoms with E-state index in [0.29, 0.717) is 11.1 Å². The van der Waals surface area contributed by atoms with Gasteiger partial charge in [0.1, 0.15) is 18.0 Å². The lowest BCUT2D eigenvalue weighted by Crippen LogP contribution is -2.60. The van der Waals surface area contributed by atoms with Crippen LogP contribution in [0.3, 0.4) is 0 Å². The fourth-order valence-corrected chi connectivity index (χ4v) is 2.19. The van der Waals surface area contributed by atoms with E-state index in [-0.39, 0.29) is 12.2 Å². The van der Waals surface area contributed by atoms with Gasteiger partial charge in [-0.25, -0.2) is 0 Å². The van der Waals surface area contributed by atoms with Crippen LogP contribution >= 0.6 is 11.6 Å². The van der Waals surface area contributed by atoms with Gasteiger partial charge in [-0.05, 0) is 25.2 Å². The summed E-state index contributed by atoms with van der Waals surface area (Å²) in [5, 5.41) is 3.89. The van der Waals surface area contributed by atoms with Gasteiger partial charge in [0.15, 0.2) is 0 Å². The Labute approximate surface area is 101 Å². The van der Waals surface area contributed by atoms with Crippen molar-refractivity contribution in [2.45, 2.75) is 24.7 Å². The molecule has 4 heteroatoms. The van der Waals surface area contributed by atoms with Crippen LogP contribution in [-0.2, 0) is 4.74 Å². The first-order chi connectivity index (χ1) is 7.74. The molecule has 3 atom stereocenters. The molecular weight excluding hydrogens is 226 g/mol. The molecule has 0 aromatic heterocycles. The van der Waals surface area contributed by atoms with E-state index >= 15 is 0 Å². The number of rotatable bonds is 4. The lowest BCUT2D eigenvalue weighted by molar-refractivity contribution is -0.0869. The minimum atomic E-state index is 0.112. The summed E-state index contributed by atoms with van der Waals surface area (Å²) in [6.07, 6.45) is 1.19. The maximum Gasteiger partial charge on any atom is 0.128 e. The molecule has 0 aliphatic heterocycles. The number of ether oxygens (including phenoxy) is 2. The van der Waals surface area contributed by atoms with Gasteiger partial charge in [-0.2, -0.15) is 0 Å². The summed E-state index contributed by atoms with van der Waals surface area (Å²) < 4.78 is 11.2. The van der Waals surface area contributed by atoms with Crippen molar-refractivity contribution in [2.75, 3.05) is 14.2 Å². The first-order valence-electron chi connectivity index (χ1n) is 5.37. The summed E-state index contributed by atoms with van der Waals surface area (Å²) in [4.78, 5) is 0. The smallest absolute Gasteiger partial charge is 0.128 e. The van der Waals surface area contributed by atoms with E-state index in [2.05, 4.69) is 5.32 Å². The second-order valence-corrected chi connectivity index (χ2v) is 4.38. The Hall–Kier alpha value is -0.770. The van der Waals surface area contributed by atoms with E-state index < -0.39 is 0 Å². The predicted molar refractivity (Wildman–Crippen MR) is 64.1 cm³/mol. The molecule has 0 heterocycles. The van der Waals surface area contributed by atoms with Crippen LogP contribution in [0.5, 0.6) is 5.75 Å². The van der Waals surface area contributed by atoms with Crippen molar-refractivity contribution in [1.82, 2.24) is 5.32 Å². The van der Waals surface area contributed by atoms with Crippen molar-refractivity contribution in [3.63, 3.8) is 0 Å². The van der Waals surface area contributed by atoms with Gasteiger partial charge in [-0.15, -0.1) is 0 Å². The molecule has 0 radical (unpaired) electrons. The topological polar surface area (TPSA) is 30.5 Å². The molecule has 3 nitrogen and oxygen atoms in total. The predicted octanol–water partition coefficient (Wildman–Crippen LogP) is 2.09. The molecule has 0 amide bonds. The highest BCUT2D eigenvalue weighted by atomic mass is 35.5. The monoisotopic (exact) mass is 241 g/mol. The van der Waals surface area contributed by atoms with Gasteiger partial charge in [0.2, 0.25) is 0 Å². The SMILES string of the molecule is CNC1CC(Oc2cccc(Cl)c2)C1OC. The van der Waals surface area contributed by atoms with E-state index in [9.17, 15) is 0 Å². The first kappa shape index (κ1) is 11.7. The summed E-state index contributed by atoms with van der Waals surface area (Å²) in [5.74, 6) is 0.800. The molecule has 1 aliphatic carbocycles. The highest BCUT2D eigenvalue weighted by Crippen LogP contribution is 2.29. The molecule has 1 aliphatic rings. The second kappa shape index (κ2) is 5.04. The van der Waals surface area contributed by atoms with E-state index in [1.54, 1.807) is 7.11 Å². The van der Waals surface area contributed by atoms with Gasteiger partial charge < -0.3 is 14.8 Å². The summed E-state index contributed by atoms with van der Waals surface area (Å²) in [6.45, 7) is 0. The Morgan fingerprint density at radius 3 is 2.88 bits per heavy atom. The Morgan fingerprint density at radius 1 is 1.44 bits per heavy atom. The van der Waals surface area contributed by atoms with Crippen LogP contribution < -0.4 is 10.1 Å². The summed E-state index contributed by atoms with van der Waals surface area (Å²) in [5.41, 5.74) is 0. The third kappa shape index (κ3) is 2.32. The van der Waals surface area contributed by atoms with Crippen molar-refractivity contribution in [3.8, 4) is 5.75 Å². The van der Waals surface area contributed by atoms with E-state index in [4.69, 9.17) is 21.1 Å². The minimum absolute atomic E-state index is 0.112. The van der Waals surface area contributed by atoms with E-state index in [0.717, 1.165) is 12.2 Å². The molecule has 0 bridgehead atoms. The molecule has 16 heavy (non-hydrogen) atoms. The summed E-state index contributed by atoms with van der Waals surface area (Å²) in [7, 11) is 3.65. The Morgan fingerprint density at radius 2 is 2.25 bits per heavy atom. The molecule has 0 saturated heterocycles. The summed E-state index contributed by atoms with van der Waals surface area (Å²) in [6, 6.07) is 7.83. The number of likely N-dealkylation sites (N-methyl/N-ethyl adjacent to an activating group) is 1. The standard InChI is InChI=1S/C12H16ClNO2/c1-14-10-7-11(12(10)15-2)16-9-5-3-4-8(13)6-9/h3-6,10-12,14H,7H2,1-2H3. The van der Waals surface area contributed by atoms with Gasteiger partial charge in [0.25, 0.3) is 0 Å². The van der Waals surface area contributed by atoms with Gasteiger partial charge in [0.05, 0.1) is 0 Å². The average Bonchev–Trinajstić information content (AvgIpc) is 2.24. The maximum absolute atomic E-state index is 5.89.